The van der Waals surface area contributed by atoms with E-state index in [2.05, 4.69) is 0 Å². The van der Waals surface area contributed by atoms with Gasteiger partial charge in [0.15, 0.2) is 0 Å². The molecule has 0 spiro atoms. The molecule has 1 aliphatic rings. The zero-order valence-corrected chi connectivity index (χ0v) is 8.69. The summed E-state index contributed by atoms with van der Waals surface area (Å²) in [7, 11) is 0. The molecule has 3 nitrogen and oxygen atoms in total. The Hall–Kier alpha value is -1.06. The summed E-state index contributed by atoms with van der Waals surface area (Å²) in [5.74, 6) is 0.899. The Labute approximate surface area is 89.6 Å². The standard InChI is InChI=1S/C12H16O3/c13-7-1-2-10-3-5-11(6-4-10)15-12-8-14-9-12/h3-6,12-13H,1-2,7-9H2. The summed E-state index contributed by atoms with van der Waals surface area (Å²) in [4.78, 5) is 0. The second kappa shape index (κ2) is 5.14. The highest BCUT2D eigenvalue weighted by Crippen LogP contribution is 2.17. The van der Waals surface area contributed by atoms with Crippen molar-refractivity contribution >= 4 is 0 Å². The zero-order chi connectivity index (χ0) is 10.5. The van der Waals surface area contributed by atoms with Gasteiger partial charge in [0.2, 0.25) is 0 Å². The number of hydrogen-bond donors (Lipinski definition) is 1. The van der Waals surface area contributed by atoms with Crippen LogP contribution in [0.2, 0.25) is 0 Å². The molecule has 1 aliphatic heterocycles. The van der Waals surface area contributed by atoms with Crippen LogP contribution in [0.15, 0.2) is 24.3 Å². The maximum atomic E-state index is 8.70. The fourth-order valence-electron chi connectivity index (χ4n) is 1.49. The predicted molar refractivity (Wildman–Crippen MR) is 57.1 cm³/mol. The Morgan fingerprint density at radius 1 is 1.27 bits per heavy atom. The number of hydrogen-bond acceptors (Lipinski definition) is 3. The fraction of sp³-hybridized carbons (Fsp3) is 0.500. The highest BCUT2D eigenvalue weighted by Gasteiger charge is 2.19. The number of ether oxygens (including phenoxy) is 2. The van der Waals surface area contributed by atoms with Crippen LogP contribution in [0.4, 0.5) is 0 Å². The average molecular weight is 208 g/mol. The summed E-state index contributed by atoms with van der Waals surface area (Å²) in [6, 6.07) is 8.05. The van der Waals surface area contributed by atoms with E-state index in [0.717, 1.165) is 18.6 Å². The number of aryl methyl sites for hydroxylation is 1. The molecule has 1 saturated heterocycles. The van der Waals surface area contributed by atoms with E-state index in [1.54, 1.807) is 0 Å². The molecule has 0 bridgehead atoms. The lowest BCUT2D eigenvalue weighted by Crippen LogP contribution is -2.38. The van der Waals surface area contributed by atoms with Crippen molar-refractivity contribution in [3.05, 3.63) is 29.8 Å². The maximum absolute atomic E-state index is 8.70. The van der Waals surface area contributed by atoms with Gasteiger partial charge in [-0.05, 0) is 30.5 Å². The summed E-state index contributed by atoms with van der Waals surface area (Å²) in [6.45, 7) is 1.65. The summed E-state index contributed by atoms with van der Waals surface area (Å²) in [5.41, 5.74) is 1.24. The second-order valence-electron chi connectivity index (χ2n) is 3.75. The van der Waals surface area contributed by atoms with E-state index in [-0.39, 0.29) is 12.7 Å². The summed E-state index contributed by atoms with van der Waals surface area (Å²) in [5, 5.41) is 8.70. The molecule has 1 aromatic carbocycles. The van der Waals surface area contributed by atoms with Crippen LogP contribution in [0.3, 0.4) is 0 Å². The molecule has 0 unspecified atom stereocenters. The largest absolute Gasteiger partial charge is 0.486 e. The highest BCUT2D eigenvalue weighted by atomic mass is 16.6. The fourth-order valence-corrected chi connectivity index (χ4v) is 1.49. The lowest BCUT2D eigenvalue weighted by molar-refractivity contribution is -0.0796. The first-order valence-corrected chi connectivity index (χ1v) is 5.32. The van der Waals surface area contributed by atoms with Crippen LogP contribution in [0.5, 0.6) is 5.75 Å². The van der Waals surface area contributed by atoms with Crippen LogP contribution >= 0.6 is 0 Å². The van der Waals surface area contributed by atoms with Gasteiger partial charge in [0, 0.05) is 6.61 Å². The zero-order valence-electron chi connectivity index (χ0n) is 8.69. The Balaban J connectivity index is 1.85. The first-order valence-electron chi connectivity index (χ1n) is 5.32. The van der Waals surface area contributed by atoms with Crippen LogP contribution in [0.25, 0.3) is 0 Å². The van der Waals surface area contributed by atoms with Crippen molar-refractivity contribution in [3.63, 3.8) is 0 Å². The molecule has 0 saturated carbocycles. The van der Waals surface area contributed by atoms with E-state index >= 15 is 0 Å². The van der Waals surface area contributed by atoms with E-state index in [1.807, 2.05) is 24.3 Å². The van der Waals surface area contributed by atoms with E-state index < -0.39 is 0 Å². The van der Waals surface area contributed by atoms with Crippen LogP contribution in [0.1, 0.15) is 12.0 Å². The topological polar surface area (TPSA) is 38.7 Å². The molecule has 1 heterocycles. The van der Waals surface area contributed by atoms with Crippen LogP contribution in [0, 0.1) is 0 Å². The Morgan fingerprint density at radius 2 is 2.00 bits per heavy atom. The normalized spacial score (nSPS) is 16.1. The van der Waals surface area contributed by atoms with E-state index in [9.17, 15) is 0 Å². The molecule has 3 heteroatoms. The first-order chi connectivity index (χ1) is 7.38. The van der Waals surface area contributed by atoms with E-state index in [0.29, 0.717) is 13.2 Å². The highest BCUT2D eigenvalue weighted by molar-refractivity contribution is 5.27. The molecule has 2 rings (SSSR count). The molecular formula is C12H16O3. The van der Waals surface area contributed by atoms with Gasteiger partial charge in [-0.25, -0.2) is 0 Å². The van der Waals surface area contributed by atoms with Crippen molar-refractivity contribution in [1.29, 1.82) is 0 Å². The first kappa shape index (κ1) is 10.5. The third kappa shape index (κ3) is 2.94. The Morgan fingerprint density at radius 3 is 2.53 bits per heavy atom. The SMILES string of the molecule is OCCCc1ccc(OC2COC2)cc1. The van der Waals surface area contributed by atoms with E-state index in [4.69, 9.17) is 14.6 Å². The van der Waals surface area contributed by atoms with Crippen molar-refractivity contribution in [2.24, 2.45) is 0 Å². The van der Waals surface area contributed by atoms with Crippen molar-refractivity contribution < 1.29 is 14.6 Å². The number of rotatable bonds is 5. The molecule has 0 radical (unpaired) electrons. The molecule has 1 N–H and O–H groups in total. The van der Waals surface area contributed by atoms with Gasteiger partial charge in [0.1, 0.15) is 11.9 Å². The Bertz CT molecular complexity index is 290. The van der Waals surface area contributed by atoms with Crippen LogP contribution in [-0.2, 0) is 11.2 Å². The van der Waals surface area contributed by atoms with Gasteiger partial charge in [0.25, 0.3) is 0 Å². The molecule has 0 amide bonds. The number of aliphatic hydroxyl groups is 1. The monoisotopic (exact) mass is 208 g/mol. The minimum atomic E-state index is 0.230. The third-order valence-corrected chi connectivity index (χ3v) is 2.46. The lowest BCUT2D eigenvalue weighted by Gasteiger charge is -2.26. The average Bonchev–Trinajstić information content (AvgIpc) is 2.22. The molecule has 0 aromatic heterocycles. The Kier molecular flexibility index (Phi) is 3.59. The summed E-state index contributed by atoms with van der Waals surface area (Å²) < 4.78 is 10.7. The summed E-state index contributed by atoms with van der Waals surface area (Å²) >= 11 is 0. The molecular weight excluding hydrogens is 192 g/mol. The molecule has 1 aromatic rings. The lowest BCUT2D eigenvalue weighted by atomic mass is 10.1. The van der Waals surface area contributed by atoms with Gasteiger partial charge in [-0.2, -0.15) is 0 Å². The van der Waals surface area contributed by atoms with Gasteiger partial charge in [-0.15, -0.1) is 0 Å². The van der Waals surface area contributed by atoms with Gasteiger partial charge in [0.05, 0.1) is 13.2 Å². The minimum absolute atomic E-state index is 0.230. The van der Waals surface area contributed by atoms with Crippen LogP contribution in [-0.4, -0.2) is 31.0 Å². The van der Waals surface area contributed by atoms with Gasteiger partial charge in [-0.3, -0.25) is 0 Å². The quantitative estimate of drug-likeness (QED) is 0.794. The van der Waals surface area contributed by atoms with Gasteiger partial charge >= 0.3 is 0 Å². The minimum Gasteiger partial charge on any atom is -0.486 e. The third-order valence-electron chi connectivity index (χ3n) is 2.46. The predicted octanol–water partition coefficient (Wildman–Crippen LogP) is 1.39. The molecule has 0 aliphatic carbocycles. The van der Waals surface area contributed by atoms with Crippen molar-refractivity contribution in [1.82, 2.24) is 0 Å². The molecule has 1 fully saturated rings. The number of aliphatic hydroxyl groups excluding tert-OH is 1. The van der Waals surface area contributed by atoms with Crippen LogP contribution < -0.4 is 4.74 Å². The van der Waals surface area contributed by atoms with Gasteiger partial charge in [-0.1, -0.05) is 12.1 Å². The van der Waals surface area contributed by atoms with Crippen molar-refractivity contribution in [2.75, 3.05) is 19.8 Å². The maximum Gasteiger partial charge on any atom is 0.145 e. The molecule has 15 heavy (non-hydrogen) atoms. The second-order valence-corrected chi connectivity index (χ2v) is 3.75. The van der Waals surface area contributed by atoms with Gasteiger partial charge < -0.3 is 14.6 Å². The van der Waals surface area contributed by atoms with Crippen molar-refractivity contribution in [2.45, 2.75) is 18.9 Å². The molecule has 82 valence electrons. The number of benzene rings is 1. The summed E-state index contributed by atoms with van der Waals surface area (Å²) in [6.07, 6.45) is 1.97. The molecule has 0 atom stereocenters. The van der Waals surface area contributed by atoms with Crippen molar-refractivity contribution in [3.8, 4) is 5.75 Å². The van der Waals surface area contributed by atoms with E-state index in [1.165, 1.54) is 5.56 Å². The smallest absolute Gasteiger partial charge is 0.145 e.